The average molecular weight is 320 g/mol. The minimum atomic E-state index is 0.796. The first-order valence-electron chi connectivity index (χ1n) is 8.36. The van der Waals surface area contributed by atoms with Gasteiger partial charge in [0.2, 0.25) is 0 Å². The van der Waals surface area contributed by atoms with Gasteiger partial charge in [0.15, 0.2) is 0 Å². The maximum absolute atomic E-state index is 4.61. The second kappa shape index (κ2) is 6.74. The van der Waals surface area contributed by atoms with Crippen LogP contribution in [-0.2, 0) is 0 Å². The number of pyridine rings is 1. The summed E-state index contributed by atoms with van der Waals surface area (Å²) in [6.45, 7) is 4.21. The predicted octanol–water partition coefficient (Wildman–Crippen LogP) is 6.26. The summed E-state index contributed by atoms with van der Waals surface area (Å²) in [6.07, 6.45) is 1.94. The normalized spacial score (nSPS) is 10.6. The van der Waals surface area contributed by atoms with Gasteiger partial charge >= 0.3 is 0 Å². The minimum Gasteiger partial charge on any atom is -0.260 e. The van der Waals surface area contributed by atoms with Crippen molar-refractivity contribution in [1.29, 1.82) is 0 Å². The molecule has 0 bridgehead atoms. The molecular weight excluding hydrogens is 302 g/mol. The van der Waals surface area contributed by atoms with E-state index >= 15 is 0 Å². The van der Waals surface area contributed by atoms with E-state index in [2.05, 4.69) is 84.7 Å². The lowest BCUT2D eigenvalue weighted by Gasteiger charge is -2.17. The standard InChI is InChI=1S/C24H18N/c1-18-23(20-13-7-3-8-14-20)24(21-15-9-4-10-16-21)22(17-25-18)19-11-5-2-6-12-19/h2-17H,1H2. The number of hydrogen-bond acceptors (Lipinski definition) is 1. The third-order valence-corrected chi connectivity index (χ3v) is 4.37. The van der Waals surface area contributed by atoms with Gasteiger partial charge in [-0.15, -0.1) is 0 Å². The molecule has 1 heteroatoms. The number of hydrogen-bond donors (Lipinski definition) is 0. The number of rotatable bonds is 3. The fourth-order valence-corrected chi connectivity index (χ4v) is 3.21. The second-order valence-corrected chi connectivity index (χ2v) is 5.97. The fourth-order valence-electron chi connectivity index (χ4n) is 3.21. The van der Waals surface area contributed by atoms with Crippen LogP contribution in [0.5, 0.6) is 0 Å². The van der Waals surface area contributed by atoms with Gasteiger partial charge in [-0.3, -0.25) is 4.98 Å². The molecule has 0 aliphatic heterocycles. The Hall–Kier alpha value is -3.19. The van der Waals surface area contributed by atoms with E-state index in [9.17, 15) is 0 Å². The van der Waals surface area contributed by atoms with Crippen molar-refractivity contribution in [3.63, 3.8) is 0 Å². The Bertz CT molecular complexity index is 974. The SMILES string of the molecule is [CH2]c1ncc(-c2ccccc2)c(-c2ccccc2)c1-c1ccccc1. The molecule has 1 nitrogen and oxygen atoms in total. The van der Waals surface area contributed by atoms with Crippen molar-refractivity contribution in [3.05, 3.63) is 110 Å². The molecule has 0 N–H and O–H groups in total. The summed E-state index contributed by atoms with van der Waals surface area (Å²) in [5.41, 5.74) is 7.66. The lowest BCUT2D eigenvalue weighted by molar-refractivity contribution is 1.27. The Morgan fingerprint density at radius 3 is 1.48 bits per heavy atom. The molecule has 4 rings (SSSR count). The zero-order chi connectivity index (χ0) is 17.1. The van der Waals surface area contributed by atoms with Crippen LogP contribution in [0.15, 0.2) is 97.2 Å². The van der Waals surface area contributed by atoms with Crippen LogP contribution in [0.25, 0.3) is 33.4 Å². The van der Waals surface area contributed by atoms with Crippen molar-refractivity contribution < 1.29 is 0 Å². The quantitative estimate of drug-likeness (QED) is 0.434. The lowest BCUT2D eigenvalue weighted by Crippen LogP contribution is -1.96. The van der Waals surface area contributed by atoms with Gasteiger partial charge in [-0.05, 0) is 23.6 Å². The van der Waals surface area contributed by atoms with Crippen LogP contribution < -0.4 is 0 Å². The van der Waals surface area contributed by atoms with E-state index < -0.39 is 0 Å². The topological polar surface area (TPSA) is 12.9 Å². The molecule has 3 aromatic carbocycles. The fraction of sp³-hybridized carbons (Fsp3) is 0. The third kappa shape index (κ3) is 2.97. The highest BCUT2D eigenvalue weighted by molar-refractivity contribution is 5.95. The smallest absolute Gasteiger partial charge is 0.0492 e. The summed E-state index contributed by atoms with van der Waals surface area (Å²) in [7, 11) is 0. The molecule has 1 heterocycles. The summed E-state index contributed by atoms with van der Waals surface area (Å²) in [4.78, 5) is 4.61. The molecule has 0 aliphatic rings. The summed E-state index contributed by atoms with van der Waals surface area (Å²) in [5.74, 6) is 0. The Morgan fingerprint density at radius 1 is 0.520 bits per heavy atom. The molecule has 0 saturated carbocycles. The van der Waals surface area contributed by atoms with Crippen LogP contribution in [0.2, 0.25) is 0 Å². The van der Waals surface area contributed by atoms with Crippen molar-refractivity contribution in [3.8, 4) is 33.4 Å². The molecular formula is C24H18N. The van der Waals surface area contributed by atoms with Crippen molar-refractivity contribution in [2.24, 2.45) is 0 Å². The molecule has 0 aliphatic carbocycles. The van der Waals surface area contributed by atoms with Gasteiger partial charge in [-0.1, -0.05) is 91.0 Å². The molecule has 0 atom stereocenters. The van der Waals surface area contributed by atoms with Gasteiger partial charge in [-0.25, -0.2) is 0 Å². The molecule has 25 heavy (non-hydrogen) atoms. The lowest BCUT2D eigenvalue weighted by atomic mass is 9.88. The molecule has 0 unspecified atom stereocenters. The van der Waals surface area contributed by atoms with E-state index in [1.165, 1.54) is 11.1 Å². The van der Waals surface area contributed by atoms with Crippen LogP contribution in [0.1, 0.15) is 5.69 Å². The van der Waals surface area contributed by atoms with Crippen LogP contribution in [-0.4, -0.2) is 4.98 Å². The van der Waals surface area contributed by atoms with Crippen LogP contribution in [0, 0.1) is 6.92 Å². The number of aromatic nitrogens is 1. The van der Waals surface area contributed by atoms with Gasteiger partial charge in [0, 0.05) is 28.6 Å². The highest BCUT2D eigenvalue weighted by atomic mass is 14.7. The number of nitrogens with zero attached hydrogens (tertiary/aromatic N) is 1. The summed E-state index contributed by atoms with van der Waals surface area (Å²) in [6, 6.07) is 31.3. The Morgan fingerprint density at radius 2 is 0.960 bits per heavy atom. The van der Waals surface area contributed by atoms with Gasteiger partial charge in [0.25, 0.3) is 0 Å². The van der Waals surface area contributed by atoms with Gasteiger partial charge < -0.3 is 0 Å². The average Bonchev–Trinajstić information content (AvgIpc) is 2.70. The van der Waals surface area contributed by atoms with E-state index in [-0.39, 0.29) is 0 Å². The van der Waals surface area contributed by atoms with Gasteiger partial charge in [-0.2, -0.15) is 0 Å². The van der Waals surface area contributed by atoms with Crippen LogP contribution >= 0.6 is 0 Å². The monoisotopic (exact) mass is 320 g/mol. The molecule has 0 saturated heterocycles. The van der Waals surface area contributed by atoms with Gasteiger partial charge in [0.05, 0.1) is 0 Å². The first-order chi connectivity index (χ1) is 12.3. The summed E-state index contributed by atoms with van der Waals surface area (Å²) >= 11 is 0. The van der Waals surface area contributed by atoms with Crippen LogP contribution in [0.4, 0.5) is 0 Å². The molecule has 0 spiro atoms. The highest BCUT2D eigenvalue weighted by Crippen LogP contribution is 2.40. The second-order valence-electron chi connectivity index (χ2n) is 5.97. The number of benzene rings is 3. The highest BCUT2D eigenvalue weighted by Gasteiger charge is 2.17. The van der Waals surface area contributed by atoms with E-state index in [0.29, 0.717) is 0 Å². The summed E-state index contributed by atoms with van der Waals surface area (Å²) < 4.78 is 0. The third-order valence-electron chi connectivity index (χ3n) is 4.37. The molecule has 1 radical (unpaired) electrons. The maximum Gasteiger partial charge on any atom is 0.0492 e. The van der Waals surface area contributed by atoms with E-state index in [0.717, 1.165) is 27.9 Å². The van der Waals surface area contributed by atoms with Crippen molar-refractivity contribution in [2.75, 3.05) is 0 Å². The maximum atomic E-state index is 4.61. The van der Waals surface area contributed by atoms with Crippen molar-refractivity contribution in [1.82, 2.24) is 4.98 Å². The molecule has 1 aromatic heterocycles. The summed E-state index contributed by atoms with van der Waals surface area (Å²) in [5, 5.41) is 0. The molecule has 0 amide bonds. The first kappa shape index (κ1) is 15.3. The van der Waals surface area contributed by atoms with Gasteiger partial charge in [0.1, 0.15) is 0 Å². The van der Waals surface area contributed by atoms with Crippen LogP contribution in [0.3, 0.4) is 0 Å². The van der Waals surface area contributed by atoms with E-state index in [1.54, 1.807) is 0 Å². The Balaban J connectivity index is 2.08. The van der Waals surface area contributed by atoms with E-state index in [4.69, 9.17) is 0 Å². The Kier molecular flexibility index (Phi) is 4.14. The van der Waals surface area contributed by atoms with E-state index in [1.807, 2.05) is 24.4 Å². The predicted molar refractivity (Wildman–Crippen MR) is 105 cm³/mol. The zero-order valence-corrected chi connectivity index (χ0v) is 13.9. The molecule has 4 aromatic rings. The van der Waals surface area contributed by atoms with Crippen molar-refractivity contribution in [2.45, 2.75) is 0 Å². The molecule has 119 valence electrons. The molecule has 0 fully saturated rings. The van der Waals surface area contributed by atoms with Crippen molar-refractivity contribution >= 4 is 0 Å². The largest absolute Gasteiger partial charge is 0.260 e. The minimum absolute atomic E-state index is 0.796. The first-order valence-corrected chi connectivity index (χ1v) is 8.36. The zero-order valence-electron chi connectivity index (χ0n) is 13.9. The Labute approximate surface area is 148 Å².